The Morgan fingerprint density at radius 1 is 1.22 bits per heavy atom. The molecule has 0 N–H and O–H groups in total. The van der Waals surface area contributed by atoms with Crippen LogP contribution in [0.1, 0.15) is 37.7 Å². The normalized spacial score (nSPS) is 27.9. The highest BCUT2D eigenvalue weighted by Crippen LogP contribution is 2.40. The summed E-state index contributed by atoms with van der Waals surface area (Å²) < 4.78 is 13.1. The van der Waals surface area contributed by atoms with Gasteiger partial charge in [-0.25, -0.2) is 0 Å². The molecule has 1 amide bonds. The van der Waals surface area contributed by atoms with Crippen molar-refractivity contribution in [1.82, 2.24) is 9.80 Å². The third-order valence-electron chi connectivity index (χ3n) is 6.37. The number of likely N-dealkylation sites (tertiary alicyclic amines) is 1. The fraction of sp³-hybridized carbons (Fsp3) is 0.667. The molecule has 0 radical (unpaired) electrons. The lowest BCUT2D eigenvalue weighted by Crippen LogP contribution is -2.58. The Bertz CT molecular complexity index is 654. The lowest BCUT2D eigenvalue weighted by molar-refractivity contribution is -0.198. The van der Waals surface area contributed by atoms with Crippen molar-refractivity contribution < 1.29 is 14.3 Å². The van der Waals surface area contributed by atoms with E-state index in [-0.39, 0.29) is 11.9 Å². The van der Waals surface area contributed by atoms with Gasteiger partial charge >= 0.3 is 0 Å². The van der Waals surface area contributed by atoms with E-state index < -0.39 is 5.79 Å². The topological polar surface area (TPSA) is 42.0 Å². The zero-order chi connectivity index (χ0) is 18.9. The number of benzene rings is 1. The van der Waals surface area contributed by atoms with Gasteiger partial charge in [-0.05, 0) is 50.0 Å². The molecule has 2 atom stereocenters. The summed E-state index contributed by atoms with van der Waals surface area (Å²) in [4.78, 5) is 17.6. The Hall–Kier alpha value is -0.950. The number of amides is 1. The summed E-state index contributed by atoms with van der Waals surface area (Å²) in [6.45, 7) is 3.61. The average molecular weight is 437 g/mol. The van der Waals surface area contributed by atoms with E-state index >= 15 is 0 Å². The molecule has 1 saturated carbocycles. The zero-order valence-corrected chi connectivity index (χ0v) is 17.6. The molecule has 1 aromatic carbocycles. The largest absolute Gasteiger partial charge is 0.347 e. The number of carbonyl (C=O) groups excluding carboxylic acids is 1. The molecule has 2 unspecified atom stereocenters. The molecule has 1 spiro atoms. The van der Waals surface area contributed by atoms with Crippen molar-refractivity contribution in [1.29, 1.82) is 0 Å². The van der Waals surface area contributed by atoms with Gasteiger partial charge in [0.05, 0.1) is 19.6 Å². The second-order valence-corrected chi connectivity index (χ2v) is 8.95. The summed E-state index contributed by atoms with van der Waals surface area (Å²) in [7, 11) is 1.98. The molecule has 1 aliphatic carbocycles. The van der Waals surface area contributed by atoms with Gasteiger partial charge in [0.25, 0.3) is 0 Å². The molecule has 3 aliphatic rings. The standard InChI is InChI=1S/C21H29BrN2O3/c1-23(20(25)14-16-4-6-17(22)7-5-16)18-8-9-21(26-12-13-27-21)15-19(18)24-10-2-3-11-24/h4-7,18-19H,2-3,8-15H2,1H3. The summed E-state index contributed by atoms with van der Waals surface area (Å²) in [6.07, 6.45) is 5.61. The van der Waals surface area contributed by atoms with E-state index in [0.717, 1.165) is 42.4 Å². The summed E-state index contributed by atoms with van der Waals surface area (Å²) >= 11 is 3.45. The van der Waals surface area contributed by atoms with Crippen LogP contribution in [0, 0.1) is 0 Å². The van der Waals surface area contributed by atoms with Crippen LogP contribution in [0.5, 0.6) is 0 Å². The number of hydrogen-bond donors (Lipinski definition) is 0. The molecule has 0 bridgehead atoms. The van der Waals surface area contributed by atoms with Crippen LogP contribution >= 0.6 is 15.9 Å². The first kappa shape index (κ1) is 19.4. The lowest BCUT2D eigenvalue weighted by atomic mass is 9.83. The van der Waals surface area contributed by atoms with Crippen LogP contribution in [0.3, 0.4) is 0 Å². The zero-order valence-electron chi connectivity index (χ0n) is 16.0. The molecule has 3 fully saturated rings. The van der Waals surface area contributed by atoms with Crippen LogP contribution in [0.2, 0.25) is 0 Å². The number of ether oxygens (including phenoxy) is 2. The van der Waals surface area contributed by atoms with Crippen molar-refractivity contribution in [2.75, 3.05) is 33.4 Å². The van der Waals surface area contributed by atoms with Crippen molar-refractivity contribution in [3.05, 3.63) is 34.3 Å². The number of carbonyl (C=O) groups is 1. The molecule has 148 valence electrons. The van der Waals surface area contributed by atoms with E-state index in [4.69, 9.17) is 9.47 Å². The smallest absolute Gasteiger partial charge is 0.227 e. The molecule has 4 rings (SSSR count). The third-order valence-corrected chi connectivity index (χ3v) is 6.90. The summed E-state index contributed by atoms with van der Waals surface area (Å²) in [6, 6.07) is 8.57. The Balaban J connectivity index is 1.47. The molecule has 6 heteroatoms. The second-order valence-electron chi connectivity index (χ2n) is 8.04. The van der Waals surface area contributed by atoms with Crippen molar-refractivity contribution in [2.24, 2.45) is 0 Å². The van der Waals surface area contributed by atoms with Gasteiger partial charge in [0.15, 0.2) is 5.79 Å². The molecule has 5 nitrogen and oxygen atoms in total. The molecular formula is C21H29BrN2O3. The minimum atomic E-state index is -0.417. The minimum Gasteiger partial charge on any atom is -0.347 e. The fourth-order valence-electron chi connectivity index (χ4n) is 4.86. The third kappa shape index (κ3) is 4.24. The van der Waals surface area contributed by atoms with Crippen molar-refractivity contribution in [3.63, 3.8) is 0 Å². The highest BCUT2D eigenvalue weighted by molar-refractivity contribution is 9.10. The van der Waals surface area contributed by atoms with Crippen molar-refractivity contribution in [3.8, 4) is 0 Å². The summed E-state index contributed by atoms with van der Waals surface area (Å²) in [5, 5.41) is 0. The summed E-state index contributed by atoms with van der Waals surface area (Å²) in [5.41, 5.74) is 1.06. The Labute approximate surface area is 170 Å². The molecule has 2 heterocycles. The first-order valence-corrected chi connectivity index (χ1v) is 10.9. The van der Waals surface area contributed by atoms with E-state index in [0.29, 0.717) is 25.7 Å². The Morgan fingerprint density at radius 3 is 2.56 bits per heavy atom. The number of hydrogen-bond acceptors (Lipinski definition) is 4. The van der Waals surface area contributed by atoms with Crippen LogP contribution in [-0.2, 0) is 20.7 Å². The predicted octanol–water partition coefficient (Wildman–Crippen LogP) is 3.21. The van der Waals surface area contributed by atoms with Gasteiger partial charge < -0.3 is 14.4 Å². The predicted molar refractivity (Wildman–Crippen MR) is 107 cm³/mol. The van der Waals surface area contributed by atoms with E-state index in [2.05, 4.69) is 20.8 Å². The fourth-order valence-corrected chi connectivity index (χ4v) is 5.12. The first-order chi connectivity index (χ1) is 13.1. The van der Waals surface area contributed by atoms with E-state index in [9.17, 15) is 4.79 Å². The van der Waals surface area contributed by atoms with Crippen LogP contribution in [-0.4, -0.2) is 66.9 Å². The Kier molecular flexibility index (Phi) is 5.88. The maximum atomic E-state index is 13.0. The highest BCUT2D eigenvalue weighted by atomic mass is 79.9. The van der Waals surface area contributed by atoms with Gasteiger partial charge in [-0.2, -0.15) is 0 Å². The average Bonchev–Trinajstić information content (AvgIpc) is 3.35. The van der Waals surface area contributed by atoms with Gasteiger partial charge in [0, 0.05) is 36.4 Å². The van der Waals surface area contributed by atoms with E-state index in [1.54, 1.807) is 0 Å². The maximum Gasteiger partial charge on any atom is 0.227 e. The highest BCUT2D eigenvalue weighted by Gasteiger charge is 2.48. The molecule has 2 aliphatic heterocycles. The van der Waals surface area contributed by atoms with E-state index in [1.165, 1.54) is 12.8 Å². The monoisotopic (exact) mass is 436 g/mol. The van der Waals surface area contributed by atoms with Crippen LogP contribution < -0.4 is 0 Å². The molecular weight excluding hydrogens is 408 g/mol. The van der Waals surface area contributed by atoms with Gasteiger partial charge in [-0.1, -0.05) is 28.1 Å². The van der Waals surface area contributed by atoms with Crippen LogP contribution in [0.25, 0.3) is 0 Å². The number of nitrogens with zero attached hydrogens (tertiary/aromatic N) is 2. The quantitative estimate of drug-likeness (QED) is 0.726. The maximum absolute atomic E-state index is 13.0. The number of halogens is 1. The molecule has 1 aromatic rings. The van der Waals surface area contributed by atoms with Crippen LogP contribution in [0.15, 0.2) is 28.7 Å². The number of likely N-dealkylation sites (N-methyl/N-ethyl adjacent to an activating group) is 1. The van der Waals surface area contributed by atoms with Gasteiger partial charge in [-0.15, -0.1) is 0 Å². The van der Waals surface area contributed by atoms with Gasteiger partial charge in [-0.3, -0.25) is 9.69 Å². The lowest BCUT2D eigenvalue weighted by Gasteiger charge is -2.47. The molecule has 2 saturated heterocycles. The van der Waals surface area contributed by atoms with Crippen molar-refractivity contribution >= 4 is 21.8 Å². The van der Waals surface area contributed by atoms with E-state index in [1.807, 2.05) is 36.2 Å². The second kappa shape index (κ2) is 8.19. The first-order valence-electron chi connectivity index (χ1n) is 10.1. The number of rotatable bonds is 4. The summed E-state index contributed by atoms with van der Waals surface area (Å²) in [5.74, 6) is -0.227. The Morgan fingerprint density at radius 2 is 1.89 bits per heavy atom. The van der Waals surface area contributed by atoms with Gasteiger partial charge in [0.1, 0.15) is 0 Å². The minimum absolute atomic E-state index is 0.190. The van der Waals surface area contributed by atoms with Gasteiger partial charge in [0.2, 0.25) is 5.91 Å². The van der Waals surface area contributed by atoms with Crippen molar-refractivity contribution in [2.45, 2.75) is 56.4 Å². The van der Waals surface area contributed by atoms with Crippen LogP contribution in [0.4, 0.5) is 0 Å². The molecule has 0 aromatic heterocycles. The SMILES string of the molecule is CN(C(=O)Cc1ccc(Br)cc1)C1CCC2(CC1N1CCCC1)OCCO2. The molecule has 27 heavy (non-hydrogen) atoms.